The van der Waals surface area contributed by atoms with Crippen LogP contribution in [0.5, 0.6) is 0 Å². The number of nitrogens with zero attached hydrogens (tertiary/aromatic N) is 2. The van der Waals surface area contributed by atoms with Gasteiger partial charge in [0.15, 0.2) is 0 Å². The highest BCUT2D eigenvalue weighted by Gasteiger charge is 2.22. The Labute approximate surface area is 262 Å². The van der Waals surface area contributed by atoms with Gasteiger partial charge in [0.1, 0.15) is 0 Å². The van der Waals surface area contributed by atoms with Gasteiger partial charge in [0.05, 0.1) is 16.6 Å². The minimum atomic E-state index is 0.175. The molecule has 3 heteroatoms. The Morgan fingerprint density at radius 3 is 1.67 bits per heavy atom. The molecule has 9 rings (SSSR count). The van der Waals surface area contributed by atoms with Crippen molar-refractivity contribution in [3.63, 3.8) is 0 Å². The molecule has 0 amide bonds. The summed E-state index contributed by atoms with van der Waals surface area (Å²) in [5.41, 5.74) is 9.89. The maximum Gasteiger partial charge on any atom is 0.241 e. The summed E-state index contributed by atoms with van der Waals surface area (Å²) in [5, 5.41) is 6.33. The molecule has 2 heterocycles. The Balaban J connectivity index is 1.21. The van der Waals surface area contributed by atoms with E-state index in [0.717, 1.165) is 0 Å². The quantitative estimate of drug-likeness (QED) is 0.183. The third-order valence-corrected chi connectivity index (χ3v) is 9.27. The van der Waals surface area contributed by atoms with Crippen molar-refractivity contribution in [3.8, 4) is 11.4 Å². The fourth-order valence-corrected chi connectivity index (χ4v) is 7.19. The first-order chi connectivity index (χ1) is 22.3. The van der Waals surface area contributed by atoms with Crippen LogP contribution in [0.25, 0.3) is 54.9 Å². The molecule has 210 valence electrons. The molecule has 7 aromatic carbocycles. The fourth-order valence-electron chi connectivity index (χ4n) is 7.19. The molecule has 0 fully saturated rings. The summed E-state index contributed by atoms with van der Waals surface area (Å²) < 4.78 is 4.70. The average Bonchev–Trinajstić information content (AvgIpc) is 3.69. The second-order valence-electron chi connectivity index (χ2n) is 11.8. The number of rotatable bonds is 5. The van der Waals surface area contributed by atoms with E-state index in [4.69, 9.17) is 0 Å². The lowest BCUT2D eigenvalue weighted by Crippen LogP contribution is -2.51. The van der Waals surface area contributed by atoms with Gasteiger partial charge in [-0.05, 0) is 65.4 Å². The molecule has 0 atom stereocenters. The van der Waals surface area contributed by atoms with Crippen molar-refractivity contribution >= 4 is 66.6 Å². The lowest BCUT2D eigenvalue weighted by atomic mass is 9.37. The van der Waals surface area contributed by atoms with E-state index in [1.807, 2.05) is 0 Å². The summed E-state index contributed by atoms with van der Waals surface area (Å²) in [7, 11) is 0. The Kier molecular flexibility index (Phi) is 5.95. The molecule has 0 unspecified atom stereocenters. The molecule has 0 bridgehead atoms. The van der Waals surface area contributed by atoms with Crippen LogP contribution < -0.4 is 16.4 Å². The van der Waals surface area contributed by atoms with Crippen LogP contribution in [0.4, 0.5) is 0 Å². The van der Waals surface area contributed by atoms with E-state index in [1.54, 1.807) is 0 Å². The Hall–Kier alpha value is -5.80. The smallest absolute Gasteiger partial charge is 0.241 e. The minimum Gasteiger partial charge on any atom is -0.317 e. The molecule has 0 radical (unpaired) electrons. The van der Waals surface area contributed by atoms with Crippen LogP contribution in [0.2, 0.25) is 0 Å². The molecule has 0 spiro atoms. The van der Waals surface area contributed by atoms with Gasteiger partial charge in [-0.15, -0.1) is 0 Å². The summed E-state index contributed by atoms with van der Waals surface area (Å²) in [6.45, 7) is 0.175. The maximum atomic E-state index is 2.42. The Morgan fingerprint density at radius 2 is 0.956 bits per heavy atom. The molecular formula is C42H29BN2. The van der Waals surface area contributed by atoms with Crippen LogP contribution >= 0.6 is 0 Å². The number of hydrogen-bond donors (Lipinski definition) is 0. The van der Waals surface area contributed by atoms with Crippen molar-refractivity contribution in [1.29, 1.82) is 0 Å². The van der Waals surface area contributed by atoms with E-state index in [0.29, 0.717) is 0 Å². The lowest BCUT2D eigenvalue weighted by Gasteiger charge is -2.16. The molecule has 9 aromatic rings. The van der Waals surface area contributed by atoms with Gasteiger partial charge in [-0.25, -0.2) is 0 Å². The largest absolute Gasteiger partial charge is 0.317 e. The second kappa shape index (κ2) is 10.4. The molecule has 2 nitrogen and oxygen atoms in total. The summed E-state index contributed by atoms with van der Waals surface area (Å²) >= 11 is 0. The van der Waals surface area contributed by atoms with Crippen LogP contribution in [-0.4, -0.2) is 15.8 Å². The first-order valence-electron chi connectivity index (χ1n) is 15.6. The van der Waals surface area contributed by atoms with E-state index in [9.17, 15) is 0 Å². The number of hydrogen-bond acceptors (Lipinski definition) is 0. The van der Waals surface area contributed by atoms with Crippen molar-refractivity contribution in [3.05, 3.63) is 176 Å². The van der Waals surface area contributed by atoms with Crippen molar-refractivity contribution < 1.29 is 0 Å². The molecule has 0 aliphatic carbocycles. The van der Waals surface area contributed by atoms with Gasteiger partial charge in [-0.1, -0.05) is 132 Å². The number of benzene rings is 7. The van der Waals surface area contributed by atoms with E-state index in [-0.39, 0.29) is 6.71 Å². The Bertz CT molecular complexity index is 2420. The van der Waals surface area contributed by atoms with Crippen LogP contribution in [0.15, 0.2) is 176 Å². The van der Waals surface area contributed by atoms with Gasteiger partial charge in [0.2, 0.25) is 6.71 Å². The summed E-state index contributed by atoms with van der Waals surface area (Å²) in [4.78, 5) is 0. The van der Waals surface area contributed by atoms with Crippen LogP contribution in [0.1, 0.15) is 0 Å². The zero-order chi connectivity index (χ0) is 29.7. The first kappa shape index (κ1) is 25.7. The highest BCUT2D eigenvalue weighted by atomic mass is 15.0. The van der Waals surface area contributed by atoms with Crippen molar-refractivity contribution in [2.24, 2.45) is 0 Å². The van der Waals surface area contributed by atoms with E-state index in [2.05, 4.69) is 185 Å². The van der Waals surface area contributed by atoms with Gasteiger partial charge in [-0.3, -0.25) is 0 Å². The number of aromatic nitrogens is 2. The van der Waals surface area contributed by atoms with Gasteiger partial charge >= 0.3 is 0 Å². The number of para-hydroxylation sites is 2. The molecule has 0 saturated heterocycles. The lowest BCUT2D eigenvalue weighted by molar-refractivity contribution is 1.13. The third-order valence-electron chi connectivity index (χ3n) is 9.27. The Morgan fingerprint density at radius 1 is 0.356 bits per heavy atom. The average molecular weight is 573 g/mol. The van der Waals surface area contributed by atoms with E-state index >= 15 is 0 Å². The standard InChI is InChI=1S/C42H29BN2/c1-4-12-31(13-5-1)43(32-14-6-2-7-15-32)33-21-23-35(24-22-33)45-41-19-11-10-18-36(41)39-29-38-30(28-42(39)45)20-25-40-37(38)26-27-44(40)34-16-8-3-9-17-34/h1-29H. The summed E-state index contributed by atoms with van der Waals surface area (Å²) in [5.74, 6) is 0. The SMILES string of the molecule is c1ccc(B(c2ccccc2)c2ccc(-n3c4ccccc4c4cc5c(ccc6c5ccn6-c5ccccc5)cc43)cc2)cc1. The first-order valence-corrected chi connectivity index (χ1v) is 15.6. The normalized spacial score (nSPS) is 11.6. The highest BCUT2D eigenvalue weighted by Crippen LogP contribution is 2.37. The van der Waals surface area contributed by atoms with Crippen molar-refractivity contribution in [1.82, 2.24) is 9.13 Å². The van der Waals surface area contributed by atoms with Crippen LogP contribution in [0, 0.1) is 0 Å². The summed E-state index contributed by atoms with van der Waals surface area (Å²) in [6.07, 6.45) is 2.19. The predicted octanol–water partition coefficient (Wildman–Crippen LogP) is 8.40. The van der Waals surface area contributed by atoms with Gasteiger partial charge < -0.3 is 9.13 Å². The van der Waals surface area contributed by atoms with Gasteiger partial charge in [0.25, 0.3) is 0 Å². The van der Waals surface area contributed by atoms with Crippen molar-refractivity contribution in [2.45, 2.75) is 0 Å². The zero-order valence-electron chi connectivity index (χ0n) is 24.7. The van der Waals surface area contributed by atoms with E-state index in [1.165, 1.54) is 71.2 Å². The minimum absolute atomic E-state index is 0.175. The molecule has 45 heavy (non-hydrogen) atoms. The third kappa shape index (κ3) is 4.20. The maximum absolute atomic E-state index is 2.42. The molecule has 0 aliphatic heterocycles. The van der Waals surface area contributed by atoms with Crippen LogP contribution in [0.3, 0.4) is 0 Å². The molecule has 0 N–H and O–H groups in total. The molecular weight excluding hydrogens is 543 g/mol. The van der Waals surface area contributed by atoms with E-state index < -0.39 is 0 Å². The topological polar surface area (TPSA) is 9.86 Å². The monoisotopic (exact) mass is 572 g/mol. The molecule has 2 aromatic heterocycles. The zero-order valence-corrected chi connectivity index (χ0v) is 24.7. The van der Waals surface area contributed by atoms with Crippen LogP contribution in [-0.2, 0) is 0 Å². The fraction of sp³-hybridized carbons (Fsp3) is 0. The van der Waals surface area contributed by atoms with Gasteiger partial charge in [-0.2, -0.15) is 0 Å². The van der Waals surface area contributed by atoms with Gasteiger partial charge in [0, 0.05) is 33.7 Å². The second-order valence-corrected chi connectivity index (χ2v) is 11.8. The molecule has 0 aliphatic rings. The predicted molar refractivity (Wildman–Crippen MR) is 193 cm³/mol. The van der Waals surface area contributed by atoms with Crippen molar-refractivity contribution in [2.75, 3.05) is 0 Å². The summed E-state index contributed by atoms with van der Waals surface area (Å²) in [6, 6.07) is 61.7. The number of fused-ring (bicyclic) bond motifs is 6. The molecule has 0 saturated carbocycles. The highest BCUT2D eigenvalue weighted by molar-refractivity contribution is 6.95.